The highest BCUT2D eigenvalue weighted by molar-refractivity contribution is 5.76. The van der Waals surface area contributed by atoms with Crippen molar-refractivity contribution in [1.82, 2.24) is 5.32 Å². The molecule has 0 saturated heterocycles. The second kappa shape index (κ2) is 6.27. The number of hydrogen-bond donors (Lipinski definition) is 1. The van der Waals surface area contributed by atoms with Crippen molar-refractivity contribution in [2.75, 3.05) is 0 Å². The predicted molar refractivity (Wildman–Crippen MR) is 71.5 cm³/mol. The van der Waals surface area contributed by atoms with Crippen molar-refractivity contribution < 1.29 is 13.6 Å². The fourth-order valence-corrected chi connectivity index (χ4v) is 2.04. The van der Waals surface area contributed by atoms with Gasteiger partial charge in [-0.2, -0.15) is 0 Å². The second-order valence-electron chi connectivity index (χ2n) is 4.93. The maximum Gasteiger partial charge on any atom is 0.221 e. The number of rotatable bonds is 6. The molecule has 1 atom stereocenters. The molecule has 0 aliphatic carbocycles. The Morgan fingerprint density at radius 2 is 1.95 bits per heavy atom. The van der Waals surface area contributed by atoms with Crippen LogP contribution in [0.2, 0.25) is 0 Å². The van der Waals surface area contributed by atoms with Crippen molar-refractivity contribution in [3.8, 4) is 0 Å². The molecule has 1 N–H and O–H groups in total. The first-order valence-electron chi connectivity index (χ1n) is 6.49. The van der Waals surface area contributed by atoms with Gasteiger partial charge in [0.1, 0.15) is 11.5 Å². The van der Waals surface area contributed by atoms with E-state index in [-0.39, 0.29) is 11.8 Å². The third kappa shape index (κ3) is 3.74. The fourth-order valence-electron chi connectivity index (χ4n) is 2.04. The summed E-state index contributed by atoms with van der Waals surface area (Å²) in [6, 6.07) is 7.42. The molecule has 2 aromatic rings. The van der Waals surface area contributed by atoms with Crippen LogP contribution in [0.25, 0.3) is 0 Å². The molecule has 4 heteroatoms. The molecule has 0 aliphatic heterocycles. The van der Waals surface area contributed by atoms with Gasteiger partial charge in [-0.05, 0) is 30.2 Å². The standard InChI is InChI=1S/C15H19NO3/c1-11(2)13(14-6-4-8-19-14)9-15(17)16-10-12-5-3-7-18-12/h3-8,11,13H,9-10H2,1-2H3,(H,16,17)/t13-/m1/s1. The van der Waals surface area contributed by atoms with Crippen molar-refractivity contribution in [1.29, 1.82) is 0 Å². The minimum Gasteiger partial charge on any atom is -0.469 e. The minimum atomic E-state index is 0.00602. The maximum absolute atomic E-state index is 12.0. The number of hydrogen-bond acceptors (Lipinski definition) is 3. The van der Waals surface area contributed by atoms with Gasteiger partial charge in [-0.25, -0.2) is 0 Å². The second-order valence-corrected chi connectivity index (χ2v) is 4.93. The van der Waals surface area contributed by atoms with E-state index in [9.17, 15) is 4.79 Å². The molecule has 2 aromatic heterocycles. The number of carbonyl (C=O) groups excluding carboxylic acids is 1. The summed E-state index contributed by atoms with van der Waals surface area (Å²) in [6.07, 6.45) is 3.67. The first kappa shape index (κ1) is 13.5. The molecule has 0 spiro atoms. The van der Waals surface area contributed by atoms with E-state index < -0.39 is 0 Å². The zero-order valence-corrected chi connectivity index (χ0v) is 11.3. The van der Waals surface area contributed by atoms with Gasteiger partial charge in [-0.15, -0.1) is 0 Å². The highest BCUT2D eigenvalue weighted by Crippen LogP contribution is 2.28. The van der Waals surface area contributed by atoms with Crippen LogP contribution in [0.3, 0.4) is 0 Å². The largest absolute Gasteiger partial charge is 0.469 e. The van der Waals surface area contributed by atoms with E-state index in [2.05, 4.69) is 19.2 Å². The Morgan fingerprint density at radius 1 is 1.21 bits per heavy atom. The van der Waals surface area contributed by atoms with Crippen molar-refractivity contribution in [3.63, 3.8) is 0 Å². The quantitative estimate of drug-likeness (QED) is 0.867. The summed E-state index contributed by atoms with van der Waals surface area (Å²) in [7, 11) is 0. The lowest BCUT2D eigenvalue weighted by molar-refractivity contribution is -0.122. The molecule has 102 valence electrons. The smallest absolute Gasteiger partial charge is 0.221 e. The lowest BCUT2D eigenvalue weighted by Crippen LogP contribution is -2.25. The monoisotopic (exact) mass is 261 g/mol. The van der Waals surface area contributed by atoms with E-state index in [1.807, 2.05) is 18.2 Å². The Labute approximate surface area is 112 Å². The van der Waals surface area contributed by atoms with Crippen molar-refractivity contribution in [2.24, 2.45) is 5.92 Å². The average molecular weight is 261 g/mol. The van der Waals surface area contributed by atoms with Gasteiger partial charge in [-0.1, -0.05) is 13.8 Å². The number of nitrogens with one attached hydrogen (secondary N) is 1. The SMILES string of the molecule is CC(C)[C@@H](CC(=O)NCc1ccco1)c1ccco1. The molecule has 0 aliphatic rings. The summed E-state index contributed by atoms with van der Waals surface area (Å²) in [5, 5.41) is 2.86. The molecule has 2 rings (SSSR count). The molecule has 0 radical (unpaired) electrons. The van der Waals surface area contributed by atoms with E-state index in [1.165, 1.54) is 0 Å². The highest BCUT2D eigenvalue weighted by Gasteiger charge is 2.21. The van der Waals surface area contributed by atoms with Crippen molar-refractivity contribution >= 4 is 5.91 Å². The molecule has 0 unspecified atom stereocenters. The molecular formula is C15H19NO3. The van der Waals surface area contributed by atoms with Crippen LogP contribution in [0.5, 0.6) is 0 Å². The van der Waals surface area contributed by atoms with Gasteiger partial charge in [0.05, 0.1) is 19.1 Å². The molecule has 4 nitrogen and oxygen atoms in total. The van der Waals surface area contributed by atoms with Gasteiger partial charge < -0.3 is 14.2 Å². The molecule has 0 saturated carbocycles. The van der Waals surface area contributed by atoms with Crippen LogP contribution in [0, 0.1) is 5.92 Å². The first-order chi connectivity index (χ1) is 9.16. The lowest BCUT2D eigenvalue weighted by atomic mass is 9.90. The van der Waals surface area contributed by atoms with Crippen LogP contribution < -0.4 is 5.32 Å². The Balaban J connectivity index is 1.89. The number of furan rings is 2. The van der Waals surface area contributed by atoms with Gasteiger partial charge in [0.2, 0.25) is 5.91 Å². The van der Waals surface area contributed by atoms with Crippen LogP contribution in [0.4, 0.5) is 0 Å². The molecular weight excluding hydrogens is 242 g/mol. The van der Waals surface area contributed by atoms with Crippen LogP contribution in [0.15, 0.2) is 45.6 Å². The Morgan fingerprint density at radius 3 is 2.53 bits per heavy atom. The lowest BCUT2D eigenvalue weighted by Gasteiger charge is -2.17. The average Bonchev–Trinajstić information content (AvgIpc) is 3.05. The number of carbonyl (C=O) groups is 1. The van der Waals surface area contributed by atoms with Gasteiger partial charge >= 0.3 is 0 Å². The molecule has 1 amide bonds. The Bertz CT molecular complexity index is 485. The van der Waals surface area contributed by atoms with Crippen LogP contribution in [0.1, 0.15) is 37.7 Å². The number of amides is 1. The van der Waals surface area contributed by atoms with E-state index in [0.717, 1.165) is 11.5 Å². The molecule has 0 bridgehead atoms. The molecule has 19 heavy (non-hydrogen) atoms. The summed E-state index contributed by atoms with van der Waals surface area (Å²) in [5.74, 6) is 2.08. The highest BCUT2D eigenvalue weighted by atomic mass is 16.3. The summed E-state index contributed by atoms with van der Waals surface area (Å²) < 4.78 is 10.6. The van der Waals surface area contributed by atoms with Gasteiger partial charge in [0, 0.05) is 12.3 Å². The Kier molecular flexibility index (Phi) is 4.44. The van der Waals surface area contributed by atoms with Gasteiger partial charge in [0.15, 0.2) is 0 Å². The fraction of sp³-hybridized carbons (Fsp3) is 0.400. The summed E-state index contributed by atoms with van der Waals surface area (Å²) in [6.45, 7) is 4.61. The molecule has 2 heterocycles. The van der Waals surface area contributed by atoms with Crippen LogP contribution in [-0.2, 0) is 11.3 Å². The topological polar surface area (TPSA) is 55.4 Å². The third-order valence-corrected chi connectivity index (χ3v) is 3.16. The van der Waals surface area contributed by atoms with E-state index in [0.29, 0.717) is 18.9 Å². The summed E-state index contributed by atoms with van der Waals surface area (Å²) in [4.78, 5) is 12.0. The van der Waals surface area contributed by atoms with Crippen molar-refractivity contribution in [3.05, 3.63) is 48.3 Å². The third-order valence-electron chi connectivity index (χ3n) is 3.16. The van der Waals surface area contributed by atoms with Crippen LogP contribution in [-0.4, -0.2) is 5.91 Å². The Hall–Kier alpha value is -1.97. The van der Waals surface area contributed by atoms with Crippen molar-refractivity contribution in [2.45, 2.75) is 32.7 Å². The van der Waals surface area contributed by atoms with E-state index >= 15 is 0 Å². The van der Waals surface area contributed by atoms with E-state index in [4.69, 9.17) is 8.83 Å². The summed E-state index contributed by atoms with van der Waals surface area (Å²) >= 11 is 0. The maximum atomic E-state index is 12.0. The first-order valence-corrected chi connectivity index (χ1v) is 6.49. The van der Waals surface area contributed by atoms with Gasteiger partial charge in [0.25, 0.3) is 0 Å². The van der Waals surface area contributed by atoms with Crippen LogP contribution >= 0.6 is 0 Å². The minimum absolute atomic E-state index is 0.00602. The van der Waals surface area contributed by atoms with E-state index in [1.54, 1.807) is 18.6 Å². The molecule has 0 aromatic carbocycles. The predicted octanol–water partition coefficient (Wildman–Crippen LogP) is 3.32. The summed E-state index contributed by atoms with van der Waals surface area (Å²) in [5.41, 5.74) is 0. The zero-order chi connectivity index (χ0) is 13.7. The normalized spacial score (nSPS) is 12.6. The molecule has 0 fully saturated rings. The zero-order valence-electron chi connectivity index (χ0n) is 11.3. The van der Waals surface area contributed by atoms with Gasteiger partial charge in [-0.3, -0.25) is 4.79 Å².